The van der Waals surface area contributed by atoms with E-state index in [4.69, 9.17) is 11.6 Å². The predicted octanol–water partition coefficient (Wildman–Crippen LogP) is 4.78. The first kappa shape index (κ1) is 17.6. The fraction of sp³-hybridized carbons (Fsp3) is 0.0500. The number of benzene rings is 2. The standard InChI is InChI=1S/C20H15ClN4OS/c21-15-7-4-8-16(11-15)22-19(26)13-27-20-10-9-18-23-17(12-25(18)24-20)14-5-2-1-3-6-14/h1-12H,13H2,(H,22,26). The van der Waals surface area contributed by atoms with E-state index in [1.165, 1.54) is 11.8 Å². The van der Waals surface area contributed by atoms with Crippen LogP contribution in [0.3, 0.4) is 0 Å². The highest BCUT2D eigenvalue weighted by Crippen LogP contribution is 2.21. The molecule has 0 unspecified atom stereocenters. The summed E-state index contributed by atoms with van der Waals surface area (Å²) < 4.78 is 1.74. The third-order valence-corrected chi connectivity index (χ3v) is 4.98. The largest absolute Gasteiger partial charge is 0.325 e. The molecule has 4 rings (SSSR count). The van der Waals surface area contributed by atoms with Gasteiger partial charge in [-0.25, -0.2) is 9.50 Å². The Hall–Kier alpha value is -2.83. The topological polar surface area (TPSA) is 59.3 Å². The van der Waals surface area contributed by atoms with Crippen molar-refractivity contribution < 1.29 is 4.79 Å². The molecule has 0 saturated carbocycles. The van der Waals surface area contributed by atoms with Crippen LogP contribution in [0.5, 0.6) is 0 Å². The Morgan fingerprint density at radius 2 is 1.93 bits per heavy atom. The van der Waals surface area contributed by atoms with Crippen LogP contribution in [0.25, 0.3) is 16.9 Å². The third kappa shape index (κ3) is 4.30. The van der Waals surface area contributed by atoms with Crippen LogP contribution in [0.4, 0.5) is 5.69 Å². The Kier molecular flexibility index (Phi) is 5.09. The maximum Gasteiger partial charge on any atom is 0.234 e. The average molecular weight is 395 g/mol. The van der Waals surface area contributed by atoms with Crippen LogP contribution in [0.2, 0.25) is 5.02 Å². The number of imidazole rings is 1. The number of rotatable bonds is 5. The van der Waals surface area contributed by atoms with Crippen LogP contribution in [0.1, 0.15) is 0 Å². The van der Waals surface area contributed by atoms with Crippen molar-refractivity contribution in [2.24, 2.45) is 0 Å². The fourth-order valence-corrected chi connectivity index (χ4v) is 3.44. The molecule has 134 valence electrons. The maximum absolute atomic E-state index is 12.1. The fourth-order valence-electron chi connectivity index (χ4n) is 2.59. The van der Waals surface area contributed by atoms with Gasteiger partial charge in [0, 0.05) is 16.3 Å². The lowest BCUT2D eigenvalue weighted by Crippen LogP contribution is -2.14. The van der Waals surface area contributed by atoms with Crippen molar-refractivity contribution in [3.8, 4) is 11.3 Å². The lowest BCUT2D eigenvalue weighted by Gasteiger charge is -2.05. The first-order valence-corrected chi connectivity index (χ1v) is 9.64. The SMILES string of the molecule is O=C(CSc1ccc2nc(-c3ccccc3)cn2n1)Nc1cccc(Cl)c1. The molecule has 2 heterocycles. The molecule has 4 aromatic rings. The molecule has 0 atom stereocenters. The van der Waals surface area contributed by atoms with E-state index in [-0.39, 0.29) is 11.7 Å². The number of nitrogens with zero attached hydrogens (tertiary/aromatic N) is 3. The van der Waals surface area contributed by atoms with E-state index in [2.05, 4.69) is 15.4 Å². The normalized spacial score (nSPS) is 10.9. The summed E-state index contributed by atoms with van der Waals surface area (Å²) in [6, 6.07) is 20.8. The number of anilines is 1. The number of amides is 1. The van der Waals surface area contributed by atoms with Gasteiger partial charge >= 0.3 is 0 Å². The van der Waals surface area contributed by atoms with Gasteiger partial charge in [-0.3, -0.25) is 4.79 Å². The third-order valence-electron chi connectivity index (χ3n) is 3.82. The van der Waals surface area contributed by atoms with Gasteiger partial charge in [-0.1, -0.05) is 59.8 Å². The minimum atomic E-state index is -0.111. The quantitative estimate of drug-likeness (QED) is 0.495. The number of thioether (sulfide) groups is 1. The minimum Gasteiger partial charge on any atom is -0.325 e. The molecule has 2 aromatic carbocycles. The second-order valence-corrected chi connectivity index (χ2v) is 7.25. The van der Waals surface area contributed by atoms with E-state index < -0.39 is 0 Å². The number of halogens is 1. The molecule has 0 saturated heterocycles. The summed E-state index contributed by atoms with van der Waals surface area (Å²) in [7, 11) is 0. The minimum absolute atomic E-state index is 0.111. The van der Waals surface area contributed by atoms with Gasteiger partial charge in [0.1, 0.15) is 5.03 Å². The molecule has 1 amide bonds. The predicted molar refractivity (Wildman–Crippen MR) is 109 cm³/mol. The molecular formula is C20H15ClN4OS. The molecule has 27 heavy (non-hydrogen) atoms. The number of nitrogens with one attached hydrogen (secondary N) is 1. The van der Waals surface area contributed by atoms with Crippen molar-refractivity contribution in [2.45, 2.75) is 5.03 Å². The number of hydrogen-bond donors (Lipinski definition) is 1. The van der Waals surface area contributed by atoms with Crippen molar-refractivity contribution in [2.75, 3.05) is 11.1 Å². The molecule has 0 fully saturated rings. The van der Waals surface area contributed by atoms with Crippen LogP contribution < -0.4 is 5.32 Å². The molecule has 0 radical (unpaired) electrons. The lowest BCUT2D eigenvalue weighted by molar-refractivity contribution is -0.113. The maximum atomic E-state index is 12.1. The Morgan fingerprint density at radius 3 is 2.74 bits per heavy atom. The van der Waals surface area contributed by atoms with E-state index in [0.717, 1.165) is 21.9 Å². The zero-order valence-corrected chi connectivity index (χ0v) is 15.7. The summed E-state index contributed by atoms with van der Waals surface area (Å²) in [6.07, 6.45) is 1.89. The highest BCUT2D eigenvalue weighted by molar-refractivity contribution is 7.99. The van der Waals surface area contributed by atoms with Crippen molar-refractivity contribution in [3.63, 3.8) is 0 Å². The van der Waals surface area contributed by atoms with Crippen molar-refractivity contribution in [1.82, 2.24) is 14.6 Å². The number of carbonyl (C=O) groups is 1. The molecule has 7 heteroatoms. The zero-order chi connectivity index (χ0) is 18.6. The van der Waals surface area contributed by atoms with Crippen molar-refractivity contribution in [1.29, 1.82) is 0 Å². The molecule has 0 bridgehead atoms. The molecule has 0 aliphatic rings. The Balaban J connectivity index is 1.44. The summed E-state index contributed by atoms with van der Waals surface area (Å²) >= 11 is 7.29. The first-order chi connectivity index (χ1) is 13.2. The van der Waals surface area contributed by atoms with Crippen LogP contribution in [-0.2, 0) is 4.79 Å². The van der Waals surface area contributed by atoms with Crippen LogP contribution in [-0.4, -0.2) is 26.3 Å². The lowest BCUT2D eigenvalue weighted by atomic mass is 10.2. The Labute approximate surface area is 165 Å². The number of carbonyl (C=O) groups excluding carboxylic acids is 1. The molecule has 5 nitrogen and oxygen atoms in total. The molecular weight excluding hydrogens is 380 g/mol. The number of hydrogen-bond acceptors (Lipinski definition) is 4. The highest BCUT2D eigenvalue weighted by atomic mass is 35.5. The monoisotopic (exact) mass is 394 g/mol. The van der Waals surface area contributed by atoms with Gasteiger partial charge in [-0.15, -0.1) is 0 Å². The van der Waals surface area contributed by atoms with E-state index in [1.807, 2.05) is 48.7 Å². The van der Waals surface area contributed by atoms with Gasteiger partial charge in [0.15, 0.2) is 5.65 Å². The second-order valence-electron chi connectivity index (χ2n) is 5.81. The summed E-state index contributed by atoms with van der Waals surface area (Å²) in [5, 5.41) is 8.69. The zero-order valence-electron chi connectivity index (χ0n) is 14.2. The van der Waals surface area contributed by atoms with Gasteiger partial charge in [0.25, 0.3) is 0 Å². The van der Waals surface area contributed by atoms with Crippen molar-refractivity contribution in [3.05, 3.63) is 77.9 Å². The Bertz CT molecular complexity index is 1100. The smallest absolute Gasteiger partial charge is 0.234 e. The van der Waals surface area contributed by atoms with Crippen LogP contribution in [0.15, 0.2) is 78.0 Å². The molecule has 0 aliphatic carbocycles. The molecule has 0 spiro atoms. The summed E-state index contributed by atoms with van der Waals surface area (Å²) in [6.45, 7) is 0. The number of aromatic nitrogens is 3. The van der Waals surface area contributed by atoms with Crippen LogP contribution in [0, 0.1) is 0 Å². The molecule has 0 aliphatic heterocycles. The van der Waals surface area contributed by atoms with E-state index in [9.17, 15) is 4.79 Å². The second kappa shape index (κ2) is 7.82. The van der Waals surface area contributed by atoms with Crippen LogP contribution >= 0.6 is 23.4 Å². The van der Waals surface area contributed by atoms with Gasteiger partial charge in [0.05, 0.1) is 17.6 Å². The van der Waals surface area contributed by atoms with Crippen molar-refractivity contribution >= 4 is 40.6 Å². The van der Waals surface area contributed by atoms with Gasteiger partial charge < -0.3 is 5.32 Å². The first-order valence-electron chi connectivity index (χ1n) is 8.27. The highest BCUT2D eigenvalue weighted by Gasteiger charge is 2.08. The average Bonchev–Trinajstić information content (AvgIpc) is 3.10. The summed E-state index contributed by atoms with van der Waals surface area (Å²) in [5.74, 6) is 0.144. The van der Waals surface area contributed by atoms with Gasteiger partial charge in [-0.05, 0) is 30.3 Å². The molecule has 2 aromatic heterocycles. The van der Waals surface area contributed by atoms with E-state index >= 15 is 0 Å². The Morgan fingerprint density at radius 1 is 1.07 bits per heavy atom. The van der Waals surface area contributed by atoms with E-state index in [0.29, 0.717) is 10.7 Å². The van der Waals surface area contributed by atoms with Gasteiger partial charge in [0.2, 0.25) is 5.91 Å². The summed E-state index contributed by atoms with van der Waals surface area (Å²) in [4.78, 5) is 16.7. The molecule has 1 N–H and O–H groups in total. The van der Waals surface area contributed by atoms with Gasteiger partial charge in [-0.2, -0.15) is 5.10 Å². The van der Waals surface area contributed by atoms with E-state index in [1.54, 1.807) is 28.8 Å². The summed E-state index contributed by atoms with van der Waals surface area (Å²) in [5.41, 5.74) is 3.35. The number of fused-ring (bicyclic) bond motifs is 1.